The third-order valence-corrected chi connectivity index (χ3v) is 5.68. The van der Waals surface area contributed by atoms with E-state index in [0.717, 1.165) is 18.6 Å². The molecule has 0 spiro atoms. The van der Waals surface area contributed by atoms with Gasteiger partial charge in [-0.2, -0.15) is 11.8 Å². The highest BCUT2D eigenvalue weighted by Gasteiger charge is 2.33. The molecule has 0 aromatic heterocycles. The first-order valence-corrected chi connectivity index (χ1v) is 8.65. The molecule has 1 aromatic rings. The van der Waals surface area contributed by atoms with E-state index in [9.17, 15) is 9.90 Å². The number of amides is 2. The summed E-state index contributed by atoms with van der Waals surface area (Å²) in [5.41, 5.74) is 1.80. The van der Waals surface area contributed by atoms with Gasteiger partial charge in [0.2, 0.25) is 0 Å². The highest BCUT2D eigenvalue weighted by Crippen LogP contribution is 2.35. The second-order valence-corrected chi connectivity index (χ2v) is 7.32. The summed E-state index contributed by atoms with van der Waals surface area (Å²) in [6.45, 7) is 2.49. The topological polar surface area (TPSA) is 61.4 Å². The van der Waals surface area contributed by atoms with Gasteiger partial charge in [0.1, 0.15) is 0 Å². The van der Waals surface area contributed by atoms with Crippen LogP contribution in [0.1, 0.15) is 30.5 Å². The molecule has 5 heteroatoms. The van der Waals surface area contributed by atoms with Crippen molar-refractivity contribution >= 4 is 17.8 Å². The van der Waals surface area contributed by atoms with Gasteiger partial charge in [0, 0.05) is 12.3 Å². The van der Waals surface area contributed by atoms with Gasteiger partial charge in [0.05, 0.1) is 11.6 Å². The lowest BCUT2D eigenvalue weighted by Crippen LogP contribution is -2.47. The quantitative estimate of drug-likeness (QED) is 0.801. The largest absolute Gasteiger partial charge is 0.387 e. The number of nitrogens with one attached hydrogen (secondary N) is 2. The highest BCUT2D eigenvalue weighted by atomic mass is 32.2. The van der Waals surface area contributed by atoms with Gasteiger partial charge in [0.15, 0.2) is 0 Å². The van der Waals surface area contributed by atoms with Crippen molar-refractivity contribution in [1.82, 2.24) is 10.6 Å². The Kier molecular flexibility index (Phi) is 4.13. The van der Waals surface area contributed by atoms with Crippen LogP contribution < -0.4 is 10.6 Å². The van der Waals surface area contributed by atoms with E-state index in [1.807, 2.05) is 12.1 Å². The second kappa shape index (κ2) is 5.89. The van der Waals surface area contributed by atoms with Crippen LogP contribution >= 0.6 is 11.8 Å². The zero-order chi connectivity index (χ0) is 14.9. The Labute approximate surface area is 129 Å². The normalized spacial score (nSPS) is 31.0. The summed E-state index contributed by atoms with van der Waals surface area (Å²) in [6.07, 6.45) is 1.75. The lowest BCUT2D eigenvalue weighted by Gasteiger charge is -2.24. The third kappa shape index (κ3) is 3.19. The molecular formula is C16H22N2O2S. The van der Waals surface area contributed by atoms with Crippen LogP contribution in [-0.2, 0) is 6.42 Å². The Bertz CT molecular complexity index is 529. The Balaban J connectivity index is 1.58. The summed E-state index contributed by atoms with van der Waals surface area (Å²) in [6, 6.07) is 8.15. The number of carbonyl (C=O) groups excluding carboxylic acids is 1. The van der Waals surface area contributed by atoms with E-state index in [1.54, 1.807) is 11.8 Å². The highest BCUT2D eigenvalue weighted by molar-refractivity contribution is 7.99. The van der Waals surface area contributed by atoms with Crippen LogP contribution in [0.4, 0.5) is 4.79 Å². The molecule has 0 unspecified atom stereocenters. The molecule has 1 aliphatic heterocycles. The summed E-state index contributed by atoms with van der Waals surface area (Å²) in [5.74, 6) is 2.07. The Hall–Kier alpha value is -1.20. The molecule has 0 radical (unpaired) electrons. The van der Waals surface area contributed by atoms with Crippen molar-refractivity contribution in [3.63, 3.8) is 0 Å². The van der Waals surface area contributed by atoms with E-state index in [4.69, 9.17) is 0 Å². The van der Waals surface area contributed by atoms with E-state index < -0.39 is 5.60 Å². The average Bonchev–Trinajstić information content (AvgIpc) is 3.03. The van der Waals surface area contributed by atoms with Crippen molar-refractivity contribution in [2.75, 3.05) is 18.1 Å². The van der Waals surface area contributed by atoms with Crippen molar-refractivity contribution < 1.29 is 9.90 Å². The molecular weight excluding hydrogens is 284 g/mol. The van der Waals surface area contributed by atoms with Crippen molar-refractivity contribution in [3.8, 4) is 0 Å². The number of hydrogen-bond donors (Lipinski definition) is 3. The smallest absolute Gasteiger partial charge is 0.315 e. The monoisotopic (exact) mass is 306 g/mol. The van der Waals surface area contributed by atoms with E-state index in [2.05, 4.69) is 29.7 Å². The number of aliphatic hydroxyl groups is 1. The number of benzene rings is 1. The number of urea groups is 1. The first-order valence-electron chi connectivity index (χ1n) is 7.50. The maximum Gasteiger partial charge on any atom is 0.315 e. The van der Waals surface area contributed by atoms with Crippen LogP contribution in [0.2, 0.25) is 0 Å². The van der Waals surface area contributed by atoms with Crippen LogP contribution in [0, 0.1) is 5.92 Å². The number of rotatable bonds is 3. The van der Waals surface area contributed by atoms with Gasteiger partial charge < -0.3 is 15.7 Å². The molecule has 1 saturated heterocycles. The van der Waals surface area contributed by atoms with E-state index in [0.29, 0.717) is 18.2 Å². The summed E-state index contributed by atoms with van der Waals surface area (Å²) in [5, 5.41) is 16.1. The van der Waals surface area contributed by atoms with Crippen LogP contribution in [0.15, 0.2) is 24.3 Å². The minimum Gasteiger partial charge on any atom is -0.387 e. The molecule has 1 fully saturated rings. The van der Waals surface area contributed by atoms with Crippen molar-refractivity contribution in [2.24, 2.45) is 5.92 Å². The molecule has 3 N–H and O–H groups in total. The second-order valence-electron chi connectivity index (χ2n) is 6.21. The molecule has 3 atom stereocenters. The molecule has 1 heterocycles. The van der Waals surface area contributed by atoms with Crippen molar-refractivity contribution in [1.29, 1.82) is 0 Å². The summed E-state index contributed by atoms with van der Waals surface area (Å²) in [7, 11) is 0. The Morgan fingerprint density at radius 1 is 1.48 bits per heavy atom. The van der Waals surface area contributed by atoms with Gasteiger partial charge in [-0.25, -0.2) is 4.79 Å². The summed E-state index contributed by atoms with van der Waals surface area (Å²) >= 11 is 1.73. The van der Waals surface area contributed by atoms with Crippen LogP contribution in [-0.4, -0.2) is 34.8 Å². The van der Waals surface area contributed by atoms with E-state index in [-0.39, 0.29) is 12.1 Å². The van der Waals surface area contributed by atoms with Crippen molar-refractivity contribution in [2.45, 2.75) is 31.4 Å². The summed E-state index contributed by atoms with van der Waals surface area (Å²) in [4.78, 5) is 12.1. The van der Waals surface area contributed by atoms with E-state index in [1.165, 1.54) is 11.1 Å². The van der Waals surface area contributed by atoms with Gasteiger partial charge in [-0.05, 0) is 35.6 Å². The fourth-order valence-electron chi connectivity index (χ4n) is 3.19. The number of hydrogen-bond acceptors (Lipinski definition) is 3. The standard InChI is InChI=1S/C16H22N2O2S/c1-11-8-12-4-2-3-5-13(12)14(11)18-15(19)17-9-16(20)6-7-21-10-16/h2-5,11,14,20H,6-10H2,1H3,(H2,17,18,19)/t11-,14+,16-/m1/s1. The minimum atomic E-state index is -0.735. The van der Waals surface area contributed by atoms with Gasteiger partial charge >= 0.3 is 6.03 Å². The van der Waals surface area contributed by atoms with Gasteiger partial charge in [-0.1, -0.05) is 31.2 Å². The van der Waals surface area contributed by atoms with E-state index >= 15 is 0 Å². The molecule has 2 amide bonds. The SMILES string of the molecule is C[C@@H]1Cc2ccccc2[C@H]1NC(=O)NC[C@]1(O)CCSC1. The number of fused-ring (bicyclic) bond motifs is 1. The first-order chi connectivity index (χ1) is 10.1. The van der Waals surface area contributed by atoms with Crippen molar-refractivity contribution in [3.05, 3.63) is 35.4 Å². The van der Waals surface area contributed by atoms with Gasteiger partial charge in [-0.3, -0.25) is 0 Å². The Morgan fingerprint density at radius 2 is 2.29 bits per heavy atom. The molecule has 1 aliphatic carbocycles. The van der Waals surface area contributed by atoms with Gasteiger partial charge in [-0.15, -0.1) is 0 Å². The maximum absolute atomic E-state index is 12.1. The average molecular weight is 306 g/mol. The molecule has 0 bridgehead atoms. The maximum atomic E-state index is 12.1. The lowest BCUT2D eigenvalue weighted by molar-refractivity contribution is 0.0698. The summed E-state index contributed by atoms with van der Waals surface area (Å²) < 4.78 is 0. The zero-order valence-electron chi connectivity index (χ0n) is 12.3. The molecule has 114 valence electrons. The fraction of sp³-hybridized carbons (Fsp3) is 0.562. The lowest BCUT2D eigenvalue weighted by atomic mass is 10.0. The zero-order valence-corrected chi connectivity index (χ0v) is 13.1. The number of thioether (sulfide) groups is 1. The minimum absolute atomic E-state index is 0.0637. The predicted octanol–water partition coefficient (Wildman–Crippen LogP) is 2.09. The Morgan fingerprint density at radius 3 is 3.05 bits per heavy atom. The third-order valence-electron chi connectivity index (χ3n) is 4.45. The fourth-order valence-corrected chi connectivity index (χ4v) is 4.48. The molecule has 4 nitrogen and oxygen atoms in total. The van der Waals surface area contributed by atoms with Crippen LogP contribution in [0.5, 0.6) is 0 Å². The van der Waals surface area contributed by atoms with Crippen LogP contribution in [0.25, 0.3) is 0 Å². The molecule has 1 aromatic carbocycles. The molecule has 2 aliphatic rings. The molecule has 3 rings (SSSR count). The predicted molar refractivity (Wildman–Crippen MR) is 85.5 cm³/mol. The van der Waals surface area contributed by atoms with Gasteiger partial charge in [0.25, 0.3) is 0 Å². The first kappa shape index (κ1) is 14.7. The molecule has 0 saturated carbocycles. The molecule has 21 heavy (non-hydrogen) atoms. The van der Waals surface area contributed by atoms with Crippen LogP contribution in [0.3, 0.4) is 0 Å². The number of carbonyl (C=O) groups is 1.